The van der Waals surface area contributed by atoms with Crippen molar-refractivity contribution in [2.75, 3.05) is 0 Å². The summed E-state index contributed by atoms with van der Waals surface area (Å²) in [6, 6.07) is 3.84. The van der Waals surface area contributed by atoms with Gasteiger partial charge in [0.15, 0.2) is 0 Å². The molecule has 1 aromatic rings. The molecule has 0 spiro atoms. The van der Waals surface area contributed by atoms with Crippen LogP contribution in [0.15, 0.2) is 18.2 Å². The third kappa shape index (κ3) is 3.23. The minimum atomic E-state index is -1.07. The molecule has 98 valence electrons. The van der Waals surface area contributed by atoms with Crippen molar-refractivity contribution in [3.8, 4) is 5.75 Å². The summed E-state index contributed by atoms with van der Waals surface area (Å²) < 4.78 is 0. The zero-order valence-electron chi connectivity index (χ0n) is 10.4. The highest BCUT2D eigenvalue weighted by Crippen LogP contribution is 2.21. The minimum absolute atomic E-state index is 0.0948. The second-order valence-electron chi connectivity index (χ2n) is 4.12. The average Bonchev–Trinajstić information content (AvgIpc) is 2.31. The van der Waals surface area contributed by atoms with Crippen LogP contribution in [0.5, 0.6) is 5.75 Å². The Morgan fingerprint density at radius 2 is 2.06 bits per heavy atom. The summed E-state index contributed by atoms with van der Waals surface area (Å²) in [5, 5.41) is 21.1. The van der Waals surface area contributed by atoms with Gasteiger partial charge in [0, 0.05) is 0 Å². The van der Waals surface area contributed by atoms with Crippen LogP contribution >= 0.6 is 0 Å². The van der Waals surface area contributed by atoms with Crippen molar-refractivity contribution in [3.05, 3.63) is 29.3 Å². The highest BCUT2D eigenvalue weighted by molar-refractivity contribution is 5.99. The summed E-state index contributed by atoms with van der Waals surface area (Å²) in [7, 11) is 0. The van der Waals surface area contributed by atoms with Gasteiger partial charge in [-0.25, -0.2) is 4.79 Å². The number of benzene rings is 1. The highest BCUT2D eigenvalue weighted by Gasteiger charge is 2.21. The first-order chi connectivity index (χ1) is 8.47. The number of para-hydroxylation sites is 1. The van der Waals surface area contributed by atoms with E-state index >= 15 is 0 Å². The van der Waals surface area contributed by atoms with Crippen molar-refractivity contribution in [3.63, 3.8) is 0 Å². The number of aromatic hydroxyl groups is 1. The third-order valence-corrected chi connectivity index (χ3v) is 2.66. The molecule has 0 radical (unpaired) electrons. The van der Waals surface area contributed by atoms with E-state index in [1.807, 2.05) is 6.92 Å². The van der Waals surface area contributed by atoms with Gasteiger partial charge in [0.2, 0.25) is 0 Å². The molecule has 0 aromatic heterocycles. The van der Waals surface area contributed by atoms with Crippen LogP contribution in [-0.2, 0) is 4.79 Å². The molecule has 1 amide bonds. The van der Waals surface area contributed by atoms with Crippen LogP contribution < -0.4 is 5.32 Å². The van der Waals surface area contributed by atoms with E-state index in [9.17, 15) is 14.7 Å². The minimum Gasteiger partial charge on any atom is -0.507 e. The third-order valence-electron chi connectivity index (χ3n) is 2.66. The number of amides is 1. The summed E-state index contributed by atoms with van der Waals surface area (Å²) in [4.78, 5) is 22.8. The monoisotopic (exact) mass is 251 g/mol. The zero-order chi connectivity index (χ0) is 13.7. The molecule has 0 aliphatic rings. The Morgan fingerprint density at radius 1 is 1.39 bits per heavy atom. The number of hydrogen-bond acceptors (Lipinski definition) is 3. The Labute approximate surface area is 105 Å². The predicted octanol–water partition coefficient (Wildman–Crippen LogP) is 1.68. The molecule has 0 fully saturated rings. The fraction of sp³-hybridized carbons (Fsp3) is 0.385. The first kappa shape index (κ1) is 14.0. The van der Waals surface area contributed by atoms with Gasteiger partial charge in [-0.2, -0.15) is 0 Å². The number of phenols is 1. The SMILES string of the molecule is CCC[C@H](NC(=O)c1cccc(C)c1O)C(=O)O. The second kappa shape index (κ2) is 6.05. The molecule has 0 aliphatic heterocycles. The largest absolute Gasteiger partial charge is 0.507 e. The van der Waals surface area contributed by atoms with Gasteiger partial charge < -0.3 is 15.5 Å². The number of aryl methyl sites for hydroxylation is 1. The maximum absolute atomic E-state index is 11.9. The molecule has 0 unspecified atom stereocenters. The molecule has 5 nitrogen and oxygen atoms in total. The Bertz CT molecular complexity index is 456. The Morgan fingerprint density at radius 3 is 2.61 bits per heavy atom. The number of carboxylic acid groups (broad SMARTS) is 1. The number of carbonyl (C=O) groups is 2. The van der Waals surface area contributed by atoms with Crippen molar-refractivity contribution < 1.29 is 19.8 Å². The van der Waals surface area contributed by atoms with E-state index in [0.29, 0.717) is 18.4 Å². The van der Waals surface area contributed by atoms with Crippen LogP contribution in [0, 0.1) is 6.92 Å². The molecule has 1 aromatic carbocycles. The lowest BCUT2D eigenvalue weighted by molar-refractivity contribution is -0.139. The van der Waals surface area contributed by atoms with Gasteiger partial charge in [-0.05, 0) is 25.0 Å². The topological polar surface area (TPSA) is 86.6 Å². The number of hydrogen-bond donors (Lipinski definition) is 3. The number of carbonyl (C=O) groups excluding carboxylic acids is 1. The number of phenolic OH excluding ortho intramolecular Hbond substituents is 1. The summed E-state index contributed by atoms with van der Waals surface area (Å²) in [5.74, 6) is -1.76. The summed E-state index contributed by atoms with van der Waals surface area (Å²) in [6.07, 6.45) is 1.00. The average molecular weight is 251 g/mol. The zero-order valence-corrected chi connectivity index (χ0v) is 10.4. The molecule has 1 rings (SSSR count). The molecule has 0 saturated heterocycles. The number of rotatable bonds is 5. The van der Waals surface area contributed by atoms with Crippen molar-refractivity contribution in [1.82, 2.24) is 5.32 Å². The van der Waals surface area contributed by atoms with Crippen LogP contribution in [0.2, 0.25) is 0 Å². The van der Waals surface area contributed by atoms with Gasteiger partial charge in [0.05, 0.1) is 5.56 Å². The normalized spacial score (nSPS) is 11.9. The molecular formula is C13H17NO4. The van der Waals surface area contributed by atoms with Crippen molar-refractivity contribution in [2.24, 2.45) is 0 Å². The van der Waals surface area contributed by atoms with E-state index in [4.69, 9.17) is 5.11 Å². The Balaban J connectivity index is 2.87. The Hall–Kier alpha value is -2.04. The molecule has 5 heteroatoms. The van der Waals surface area contributed by atoms with Gasteiger partial charge in [-0.3, -0.25) is 4.79 Å². The lowest BCUT2D eigenvalue weighted by Gasteiger charge is -2.14. The van der Waals surface area contributed by atoms with Crippen LogP contribution in [0.1, 0.15) is 35.7 Å². The molecule has 0 saturated carbocycles. The van der Waals surface area contributed by atoms with Crippen LogP contribution in [0.3, 0.4) is 0 Å². The van der Waals surface area contributed by atoms with E-state index in [0.717, 1.165) is 0 Å². The van der Waals surface area contributed by atoms with Crippen LogP contribution in [0.4, 0.5) is 0 Å². The van der Waals surface area contributed by atoms with E-state index in [1.54, 1.807) is 19.1 Å². The van der Waals surface area contributed by atoms with Crippen LogP contribution in [0.25, 0.3) is 0 Å². The van der Waals surface area contributed by atoms with Crippen molar-refractivity contribution in [1.29, 1.82) is 0 Å². The summed E-state index contributed by atoms with van der Waals surface area (Å²) >= 11 is 0. The standard InChI is InChI=1S/C13H17NO4/c1-3-5-10(13(17)18)14-12(16)9-7-4-6-8(2)11(9)15/h4,6-7,10,15H,3,5H2,1-2H3,(H,14,16)(H,17,18)/t10-/m0/s1. The van der Waals surface area contributed by atoms with E-state index in [-0.39, 0.29) is 11.3 Å². The quantitative estimate of drug-likeness (QED) is 0.743. The fourth-order valence-electron chi connectivity index (χ4n) is 1.62. The van der Waals surface area contributed by atoms with E-state index < -0.39 is 17.9 Å². The number of aliphatic carboxylic acids is 1. The van der Waals surface area contributed by atoms with Gasteiger partial charge in [-0.1, -0.05) is 25.5 Å². The molecule has 0 bridgehead atoms. The summed E-state index contributed by atoms with van der Waals surface area (Å²) in [5.41, 5.74) is 0.669. The van der Waals surface area contributed by atoms with E-state index in [2.05, 4.69) is 5.32 Å². The summed E-state index contributed by atoms with van der Waals surface area (Å²) in [6.45, 7) is 3.51. The van der Waals surface area contributed by atoms with Crippen LogP contribution in [-0.4, -0.2) is 28.1 Å². The molecule has 18 heavy (non-hydrogen) atoms. The Kier molecular flexibility index (Phi) is 4.71. The number of nitrogens with one attached hydrogen (secondary N) is 1. The van der Waals surface area contributed by atoms with Crippen molar-refractivity contribution in [2.45, 2.75) is 32.7 Å². The van der Waals surface area contributed by atoms with Gasteiger partial charge in [0.25, 0.3) is 5.91 Å². The fourth-order valence-corrected chi connectivity index (χ4v) is 1.62. The van der Waals surface area contributed by atoms with Gasteiger partial charge in [-0.15, -0.1) is 0 Å². The highest BCUT2D eigenvalue weighted by atomic mass is 16.4. The second-order valence-corrected chi connectivity index (χ2v) is 4.12. The molecule has 3 N–H and O–H groups in total. The first-order valence-electron chi connectivity index (χ1n) is 5.79. The molecule has 1 atom stereocenters. The van der Waals surface area contributed by atoms with E-state index in [1.165, 1.54) is 6.07 Å². The van der Waals surface area contributed by atoms with Crippen molar-refractivity contribution >= 4 is 11.9 Å². The lowest BCUT2D eigenvalue weighted by Crippen LogP contribution is -2.40. The molecule has 0 aliphatic carbocycles. The predicted molar refractivity (Wildman–Crippen MR) is 66.6 cm³/mol. The maximum atomic E-state index is 11.9. The first-order valence-corrected chi connectivity index (χ1v) is 5.79. The smallest absolute Gasteiger partial charge is 0.326 e. The molecule has 0 heterocycles. The maximum Gasteiger partial charge on any atom is 0.326 e. The number of carboxylic acids is 1. The van der Waals surface area contributed by atoms with Gasteiger partial charge >= 0.3 is 5.97 Å². The molecular weight excluding hydrogens is 234 g/mol. The lowest BCUT2D eigenvalue weighted by atomic mass is 10.1. The van der Waals surface area contributed by atoms with Gasteiger partial charge in [0.1, 0.15) is 11.8 Å².